The van der Waals surface area contributed by atoms with E-state index in [1.165, 1.54) is 30.3 Å². The molecule has 0 spiro atoms. The van der Waals surface area contributed by atoms with Crippen LogP contribution < -0.4 is 10.6 Å². The zero-order chi connectivity index (χ0) is 23.6. The summed E-state index contributed by atoms with van der Waals surface area (Å²) < 4.78 is 25.0. The van der Waals surface area contributed by atoms with Gasteiger partial charge in [-0.25, -0.2) is 8.42 Å². The molecule has 1 aromatic heterocycles. The van der Waals surface area contributed by atoms with Crippen molar-refractivity contribution in [2.75, 3.05) is 16.9 Å². The number of anilines is 2. The van der Waals surface area contributed by atoms with Crippen molar-refractivity contribution in [2.24, 2.45) is 0 Å². The molecular weight excluding hydrogens is 452 g/mol. The summed E-state index contributed by atoms with van der Waals surface area (Å²) in [4.78, 5) is 25.2. The van der Waals surface area contributed by atoms with Crippen LogP contribution in [0.25, 0.3) is 0 Å². The van der Waals surface area contributed by atoms with Gasteiger partial charge in [0.25, 0.3) is 5.91 Å². The lowest BCUT2D eigenvalue weighted by Crippen LogP contribution is -2.25. The normalized spacial score (nSPS) is 12.3. The fourth-order valence-electron chi connectivity index (χ4n) is 3.15. The van der Waals surface area contributed by atoms with Gasteiger partial charge in [0, 0.05) is 23.2 Å². The first-order chi connectivity index (χ1) is 15.0. The molecule has 3 aromatic rings. The second-order valence-corrected chi connectivity index (χ2v) is 9.91. The molecule has 2 amide bonds. The summed E-state index contributed by atoms with van der Waals surface area (Å²) in [7, 11) is -3.43. The number of aromatic nitrogens is 2. The van der Waals surface area contributed by atoms with E-state index in [0.717, 1.165) is 17.6 Å². The number of carbonyl (C=O) groups excluding carboxylic acids is 2. The summed E-state index contributed by atoms with van der Waals surface area (Å²) in [6.45, 7) is 5.47. The van der Waals surface area contributed by atoms with Crippen molar-refractivity contribution in [1.82, 2.24) is 9.78 Å². The first-order valence-electron chi connectivity index (χ1n) is 9.70. The molecule has 1 unspecified atom stereocenters. The highest BCUT2D eigenvalue weighted by Crippen LogP contribution is 2.27. The summed E-state index contributed by atoms with van der Waals surface area (Å²) in [6.07, 6.45) is 1.08. The largest absolute Gasteiger partial charge is 0.323 e. The fourth-order valence-corrected chi connectivity index (χ4v) is 4.05. The molecule has 0 radical (unpaired) electrons. The Morgan fingerprint density at radius 3 is 2.38 bits per heavy atom. The predicted octanol–water partition coefficient (Wildman–Crippen LogP) is 4.01. The number of halogens is 1. The van der Waals surface area contributed by atoms with Crippen molar-refractivity contribution < 1.29 is 18.0 Å². The number of carbonyl (C=O) groups is 2. The van der Waals surface area contributed by atoms with Crippen LogP contribution in [0.2, 0.25) is 5.02 Å². The average Bonchev–Trinajstić information content (AvgIpc) is 3.06. The van der Waals surface area contributed by atoms with Crippen LogP contribution in [-0.2, 0) is 14.6 Å². The molecule has 168 valence electrons. The highest BCUT2D eigenvalue weighted by molar-refractivity contribution is 7.90. The van der Waals surface area contributed by atoms with Gasteiger partial charge in [-0.05, 0) is 63.2 Å². The highest BCUT2D eigenvalue weighted by Gasteiger charge is 2.19. The molecular formula is C22H23ClN4O4S. The lowest BCUT2D eigenvalue weighted by molar-refractivity contribution is -0.119. The molecule has 2 N–H and O–H groups in total. The Morgan fingerprint density at radius 2 is 1.78 bits per heavy atom. The number of nitrogens with zero attached hydrogens (tertiary/aromatic N) is 2. The second kappa shape index (κ2) is 9.13. The maximum atomic E-state index is 12.6. The van der Waals surface area contributed by atoms with Crippen molar-refractivity contribution >= 4 is 44.6 Å². The van der Waals surface area contributed by atoms with E-state index in [9.17, 15) is 18.0 Å². The molecule has 10 heteroatoms. The molecule has 8 nitrogen and oxygen atoms in total. The van der Waals surface area contributed by atoms with Crippen molar-refractivity contribution in [2.45, 2.75) is 31.7 Å². The van der Waals surface area contributed by atoms with Crippen LogP contribution in [0.3, 0.4) is 0 Å². The third-order valence-corrected chi connectivity index (χ3v) is 6.22. The minimum atomic E-state index is -3.43. The minimum absolute atomic E-state index is 0.0537. The Balaban J connectivity index is 1.72. The number of benzene rings is 2. The van der Waals surface area contributed by atoms with Gasteiger partial charge < -0.3 is 10.6 Å². The maximum absolute atomic E-state index is 12.6. The predicted molar refractivity (Wildman–Crippen MR) is 124 cm³/mol. The van der Waals surface area contributed by atoms with Gasteiger partial charge in [0.1, 0.15) is 6.04 Å². The number of sulfone groups is 1. The molecule has 0 aliphatic carbocycles. The van der Waals surface area contributed by atoms with Gasteiger partial charge in [-0.2, -0.15) is 5.10 Å². The second-order valence-electron chi connectivity index (χ2n) is 7.49. The highest BCUT2D eigenvalue weighted by atomic mass is 35.5. The Kier molecular flexibility index (Phi) is 6.71. The number of rotatable bonds is 6. The molecule has 0 aliphatic heterocycles. The van der Waals surface area contributed by atoms with Gasteiger partial charge in [0.2, 0.25) is 5.91 Å². The molecule has 0 saturated heterocycles. The van der Waals surface area contributed by atoms with Gasteiger partial charge in [-0.1, -0.05) is 17.7 Å². The van der Waals surface area contributed by atoms with E-state index >= 15 is 0 Å². The maximum Gasteiger partial charge on any atom is 0.255 e. The lowest BCUT2D eigenvalue weighted by Gasteiger charge is -2.16. The van der Waals surface area contributed by atoms with Crippen LogP contribution in [0.5, 0.6) is 0 Å². The standard InChI is InChI=1S/C22H23ClN4O4S/c1-13-10-14(2)27(26-13)15(3)21(28)25-20-9-8-17(12-19(20)23)24-22(29)16-6-5-7-18(11-16)32(4,30)31/h5-12,15H,1-4H3,(H,24,29)(H,25,28). The van der Waals surface area contributed by atoms with Crippen molar-refractivity contribution in [3.8, 4) is 0 Å². The van der Waals surface area contributed by atoms with Crippen LogP contribution in [0.4, 0.5) is 11.4 Å². The first-order valence-corrected chi connectivity index (χ1v) is 12.0. The first kappa shape index (κ1) is 23.5. The number of nitrogens with one attached hydrogen (secondary N) is 2. The van der Waals surface area contributed by atoms with E-state index in [2.05, 4.69) is 15.7 Å². The Labute approximate surface area is 191 Å². The molecule has 3 rings (SSSR count). The third kappa shape index (κ3) is 5.35. The summed E-state index contributed by atoms with van der Waals surface area (Å²) in [5.41, 5.74) is 2.67. The van der Waals surface area contributed by atoms with Crippen molar-refractivity contribution in [3.63, 3.8) is 0 Å². The minimum Gasteiger partial charge on any atom is -0.323 e. The summed E-state index contributed by atoms with van der Waals surface area (Å²) in [5.74, 6) is -0.769. The molecule has 1 atom stereocenters. The molecule has 0 fully saturated rings. The Hall–Kier alpha value is -3.17. The molecule has 0 bridgehead atoms. The zero-order valence-electron chi connectivity index (χ0n) is 18.0. The number of aryl methyl sites for hydroxylation is 2. The molecule has 2 aromatic carbocycles. The van der Waals surface area contributed by atoms with Gasteiger partial charge in [0.15, 0.2) is 9.84 Å². The SMILES string of the molecule is Cc1cc(C)n(C(C)C(=O)Nc2ccc(NC(=O)c3cccc(S(C)(=O)=O)c3)cc2Cl)n1. The van der Waals surface area contributed by atoms with Crippen LogP contribution in [0.1, 0.15) is 34.7 Å². The summed E-state index contributed by atoms with van der Waals surface area (Å²) in [5, 5.41) is 10.0. The zero-order valence-corrected chi connectivity index (χ0v) is 19.6. The monoisotopic (exact) mass is 474 g/mol. The van der Waals surface area contributed by atoms with E-state index in [-0.39, 0.29) is 21.4 Å². The van der Waals surface area contributed by atoms with Gasteiger partial charge in [0.05, 0.1) is 21.3 Å². The number of hydrogen-bond donors (Lipinski definition) is 2. The van der Waals surface area contributed by atoms with E-state index < -0.39 is 21.8 Å². The fraction of sp³-hybridized carbons (Fsp3) is 0.227. The van der Waals surface area contributed by atoms with Gasteiger partial charge >= 0.3 is 0 Å². The van der Waals surface area contributed by atoms with Crippen LogP contribution in [0, 0.1) is 13.8 Å². The van der Waals surface area contributed by atoms with Gasteiger partial charge in [-0.15, -0.1) is 0 Å². The lowest BCUT2D eigenvalue weighted by atomic mass is 10.2. The van der Waals surface area contributed by atoms with Crippen molar-refractivity contribution in [3.05, 3.63) is 70.5 Å². The van der Waals surface area contributed by atoms with E-state index in [0.29, 0.717) is 11.4 Å². The summed E-state index contributed by atoms with van der Waals surface area (Å²) >= 11 is 6.31. The van der Waals surface area contributed by atoms with E-state index in [1.807, 2.05) is 19.9 Å². The molecule has 0 aliphatic rings. The Morgan fingerprint density at radius 1 is 1.06 bits per heavy atom. The van der Waals surface area contributed by atoms with Crippen LogP contribution in [-0.4, -0.2) is 36.3 Å². The quantitative estimate of drug-likeness (QED) is 0.560. The molecule has 1 heterocycles. The number of amides is 2. The smallest absolute Gasteiger partial charge is 0.255 e. The van der Waals surface area contributed by atoms with Gasteiger partial charge in [-0.3, -0.25) is 14.3 Å². The number of hydrogen-bond acceptors (Lipinski definition) is 5. The van der Waals surface area contributed by atoms with E-state index in [1.54, 1.807) is 23.7 Å². The van der Waals surface area contributed by atoms with Crippen molar-refractivity contribution in [1.29, 1.82) is 0 Å². The van der Waals surface area contributed by atoms with E-state index in [4.69, 9.17) is 11.6 Å². The molecule has 32 heavy (non-hydrogen) atoms. The van der Waals surface area contributed by atoms with Crippen LogP contribution >= 0.6 is 11.6 Å². The Bertz CT molecular complexity index is 1300. The topological polar surface area (TPSA) is 110 Å². The van der Waals surface area contributed by atoms with Crippen LogP contribution in [0.15, 0.2) is 53.4 Å². The summed E-state index contributed by atoms with van der Waals surface area (Å²) in [6, 6.07) is 11.8. The average molecular weight is 475 g/mol. The third-order valence-electron chi connectivity index (χ3n) is 4.80. The molecule has 0 saturated carbocycles.